The number of methoxy groups -OCH3 is 1. The van der Waals surface area contributed by atoms with Gasteiger partial charge in [-0.1, -0.05) is 24.3 Å². The van der Waals surface area contributed by atoms with Crippen molar-refractivity contribution in [2.45, 2.75) is 31.2 Å². The van der Waals surface area contributed by atoms with E-state index >= 15 is 0 Å². The Balaban J connectivity index is 1.93. The summed E-state index contributed by atoms with van der Waals surface area (Å²) in [4.78, 5) is 11.9. The van der Waals surface area contributed by atoms with E-state index in [2.05, 4.69) is 10.4 Å². The number of hydrogen-bond acceptors (Lipinski definition) is 7. The van der Waals surface area contributed by atoms with Crippen molar-refractivity contribution >= 4 is 21.7 Å². The molecule has 34 heavy (non-hydrogen) atoms. The highest BCUT2D eigenvalue weighted by Crippen LogP contribution is 2.34. The number of urea groups is 1. The summed E-state index contributed by atoms with van der Waals surface area (Å²) in [5, 5.41) is 5.83. The minimum Gasteiger partial charge on any atom is -0.497 e. The lowest BCUT2D eigenvalue weighted by atomic mass is 10.1. The SMILES string of the molecule is COc1ccc(-c2cccc(Oc3ccc(N=N)cc3S(=O)(=O)NC(=O)NC(C)(C)C)c2)cc1. The smallest absolute Gasteiger partial charge is 0.329 e. The van der Waals surface area contributed by atoms with E-state index in [4.69, 9.17) is 15.0 Å². The van der Waals surface area contributed by atoms with Crippen molar-refractivity contribution in [1.29, 1.82) is 5.53 Å². The van der Waals surface area contributed by atoms with E-state index in [-0.39, 0.29) is 16.3 Å². The summed E-state index contributed by atoms with van der Waals surface area (Å²) in [6.45, 7) is 5.18. The van der Waals surface area contributed by atoms with Crippen LogP contribution in [0.1, 0.15) is 20.8 Å². The molecule has 10 heteroatoms. The first-order valence-electron chi connectivity index (χ1n) is 10.3. The van der Waals surface area contributed by atoms with Gasteiger partial charge in [-0.3, -0.25) is 0 Å². The monoisotopic (exact) mass is 482 g/mol. The molecule has 3 aromatic rings. The molecule has 0 saturated carbocycles. The van der Waals surface area contributed by atoms with Crippen molar-refractivity contribution in [2.24, 2.45) is 5.11 Å². The standard InChI is InChI=1S/C24H26N4O5S/c1-24(2,3)26-23(29)28-34(30,31)22-15-18(27-25)10-13-21(22)33-20-7-5-6-17(14-20)16-8-11-19(32-4)12-9-16/h5-15,25H,1-4H3,(H2,26,28,29). The molecular formula is C24H26N4O5S. The third-order valence-corrected chi connectivity index (χ3v) is 5.90. The summed E-state index contributed by atoms with van der Waals surface area (Å²) in [6.07, 6.45) is 0. The van der Waals surface area contributed by atoms with E-state index < -0.39 is 21.6 Å². The van der Waals surface area contributed by atoms with Gasteiger partial charge in [-0.25, -0.2) is 23.5 Å². The molecule has 9 nitrogen and oxygen atoms in total. The van der Waals surface area contributed by atoms with Gasteiger partial charge in [0.05, 0.1) is 12.8 Å². The van der Waals surface area contributed by atoms with Gasteiger partial charge in [0.2, 0.25) is 0 Å². The molecule has 0 radical (unpaired) electrons. The predicted molar refractivity (Wildman–Crippen MR) is 128 cm³/mol. The molecule has 2 amide bonds. The lowest BCUT2D eigenvalue weighted by Gasteiger charge is -2.21. The Bertz CT molecular complexity index is 1300. The molecule has 0 aliphatic rings. The maximum absolute atomic E-state index is 13.0. The van der Waals surface area contributed by atoms with Gasteiger partial charge >= 0.3 is 6.03 Å². The van der Waals surface area contributed by atoms with Crippen molar-refractivity contribution in [3.8, 4) is 28.4 Å². The Hall–Kier alpha value is -3.92. The number of nitrogens with one attached hydrogen (secondary N) is 3. The van der Waals surface area contributed by atoms with Crippen LogP contribution in [0.3, 0.4) is 0 Å². The summed E-state index contributed by atoms with van der Waals surface area (Å²) in [5.74, 6) is 1.10. The molecule has 0 spiro atoms. The van der Waals surface area contributed by atoms with Crippen LogP contribution in [0.2, 0.25) is 0 Å². The Morgan fingerprint density at radius 2 is 1.65 bits per heavy atom. The average molecular weight is 483 g/mol. The van der Waals surface area contributed by atoms with Crippen LogP contribution in [0.4, 0.5) is 10.5 Å². The number of carbonyl (C=O) groups excluding carboxylic acids is 1. The van der Waals surface area contributed by atoms with E-state index in [1.54, 1.807) is 46.1 Å². The predicted octanol–water partition coefficient (Wildman–Crippen LogP) is 5.60. The Morgan fingerprint density at radius 3 is 2.26 bits per heavy atom. The van der Waals surface area contributed by atoms with E-state index in [9.17, 15) is 13.2 Å². The molecule has 3 rings (SSSR count). The third-order valence-electron chi connectivity index (χ3n) is 4.55. The summed E-state index contributed by atoms with van der Waals surface area (Å²) >= 11 is 0. The average Bonchev–Trinajstić information content (AvgIpc) is 2.78. The largest absolute Gasteiger partial charge is 0.497 e. The second-order valence-corrected chi connectivity index (χ2v) is 10.1. The fourth-order valence-corrected chi connectivity index (χ4v) is 4.11. The van der Waals surface area contributed by atoms with E-state index in [1.807, 2.05) is 35.1 Å². The normalized spacial score (nSPS) is 11.4. The van der Waals surface area contributed by atoms with Gasteiger partial charge in [-0.15, -0.1) is 0 Å². The molecule has 0 aliphatic carbocycles. The van der Waals surface area contributed by atoms with Crippen molar-refractivity contribution in [2.75, 3.05) is 7.11 Å². The topological polar surface area (TPSA) is 130 Å². The van der Waals surface area contributed by atoms with E-state index in [0.29, 0.717) is 5.75 Å². The van der Waals surface area contributed by atoms with Gasteiger partial charge in [0.15, 0.2) is 0 Å². The number of hydrogen-bond donors (Lipinski definition) is 3. The Morgan fingerprint density at radius 1 is 0.941 bits per heavy atom. The van der Waals surface area contributed by atoms with Gasteiger partial charge in [0.25, 0.3) is 10.0 Å². The van der Waals surface area contributed by atoms with Crippen molar-refractivity contribution in [3.05, 3.63) is 66.7 Å². The molecule has 0 atom stereocenters. The van der Waals surface area contributed by atoms with Crippen molar-refractivity contribution in [1.82, 2.24) is 10.0 Å². The quantitative estimate of drug-likeness (QED) is 0.377. The lowest BCUT2D eigenvalue weighted by Crippen LogP contribution is -2.48. The maximum Gasteiger partial charge on any atom is 0.329 e. The molecule has 0 heterocycles. The lowest BCUT2D eigenvalue weighted by molar-refractivity contribution is 0.237. The number of sulfonamides is 1. The zero-order valence-corrected chi connectivity index (χ0v) is 20.1. The van der Waals surface area contributed by atoms with Gasteiger partial charge in [0.1, 0.15) is 22.1 Å². The highest BCUT2D eigenvalue weighted by molar-refractivity contribution is 7.90. The van der Waals surface area contributed by atoms with Gasteiger partial charge in [0, 0.05) is 5.54 Å². The first kappa shape index (κ1) is 24.7. The number of carbonyl (C=O) groups is 1. The van der Waals surface area contributed by atoms with Crippen LogP contribution in [0, 0.1) is 5.53 Å². The summed E-state index contributed by atoms with van der Waals surface area (Å²) in [7, 11) is -2.74. The molecule has 0 bridgehead atoms. The Kier molecular flexibility index (Phi) is 7.21. The molecular weight excluding hydrogens is 456 g/mol. The van der Waals surface area contributed by atoms with Gasteiger partial charge in [-0.2, -0.15) is 5.11 Å². The fourth-order valence-electron chi connectivity index (χ4n) is 3.05. The van der Waals surface area contributed by atoms with Gasteiger partial charge in [-0.05, 0) is 74.4 Å². The summed E-state index contributed by atoms with van der Waals surface area (Å²) in [6, 6.07) is 17.7. The summed E-state index contributed by atoms with van der Waals surface area (Å²) < 4.78 is 39.1. The fraction of sp³-hybridized carbons (Fsp3) is 0.208. The van der Waals surface area contributed by atoms with Crippen molar-refractivity contribution < 1.29 is 22.7 Å². The third kappa shape index (κ3) is 6.32. The number of amides is 2. The second-order valence-electron chi connectivity index (χ2n) is 8.41. The molecule has 178 valence electrons. The van der Waals surface area contributed by atoms with Crippen LogP contribution in [0.5, 0.6) is 17.2 Å². The van der Waals surface area contributed by atoms with Crippen LogP contribution >= 0.6 is 0 Å². The molecule has 0 unspecified atom stereocenters. The molecule has 0 saturated heterocycles. The highest BCUT2D eigenvalue weighted by atomic mass is 32.2. The van der Waals surface area contributed by atoms with Crippen LogP contribution in [-0.2, 0) is 10.0 Å². The van der Waals surface area contributed by atoms with Crippen LogP contribution in [-0.4, -0.2) is 27.1 Å². The van der Waals surface area contributed by atoms with E-state index in [0.717, 1.165) is 16.9 Å². The van der Waals surface area contributed by atoms with Crippen molar-refractivity contribution in [3.63, 3.8) is 0 Å². The minimum absolute atomic E-state index is 0.0182. The molecule has 3 aromatic carbocycles. The molecule has 0 aliphatic heterocycles. The number of rotatable bonds is 7. The van der Waals surface area contributed by atoms with Crippen LogP contribution in [0.15, 0.2) is 76.7 Å². The first-order chi connectivity index (χ1) is 16.0. The molecule has 0 aromatic heterocycles. The highest BCUT2D eigenvalue weighted by Gasteiger charge is 2.25. The molecule has 3 N–H and O–H groups in total. The molecule has 0 fully saturated rings. The maximum atomic E-state index is 13.0. The second kappa shape index (κ2) is 9.92. The summed E-state index contributed by atoms with van der Waals surface area (Å²) in [5.41, 5.74) is 8.45. The minimum atomic E-state index is -4.33. The number of ether oxygens (including phenoxy) is 2. The first-order valence-corrected chi connectivity index (χ1v) is 11.8. The van der Waals surface area contributed by atoms with E-state index in [1.165, 1.54) is 18.2 Å². The Labute approximate surface area is 198 Å². The number of nitrogens with zero attached hydrogens (tertiary/aromatic N) is 1. The van der Waals surface area contributed by atoms with Gasteiger partial charge < -0.3 is 14.8 Å². The number of benzene rings is 3. The van der Waals surface area contributed by atoms with Crippen LogP contribution in [0.25, 0.3) is 11.1 Å². The van der Waals surface area contributed by atoms with Crippen LogP contribution < -0.4 is 19.5 Å². The zero-order chi connectivity index (χ0) is 24.9. The zero-order valence-electron chi connectivity index (χ0n) is 19.2.